The van der Waals surface area contributed by atoms with Gasteiger partial charge in [0.1, 0.15) is 17.8 Å². The van der Waals surface area contributed by atoms with Gasteiger partial charge in [0.2, 0.25) is 0 Å². The molecule has 0 aliphatic rings. The number of nitrogens with zero attached hydrogens (tertiary/aromatic N) is 4. The minimum atomic E-state index is -0.421. The normalized spacial score (nSPS) is 10.9. The van der Waals surface area contributed by atoms with Gasteiger partial charge in [0.25, 0.3) is 5.69 Å². The maximum atomic E-state index is 10.8. The molecule has 0 unspecified atom stereocenters. The number of hydrogen-bond donors (Lipinski definition) is 1. The number of para-hydroxylation sites is 2. The van der Waals surface area contributed by atoms with Crippen LogP contribution in [0.1, 0.15) is 18.3 Å². The van der Waals surface area contributed by atoms with Crippen LogP contribution >= 0.6 is 0 Å². The van der Waals surface area contributed by atoms with Crippen molar-refractivity contribution in [3.63, 3.8) is 0 Å². The Morgan fingerprint density at radius 1 is 1.33 bits per heavy atom. The van der Waals surface area contributed by atoms with Gasteiger partial charge in [-0.3, -0.25) is 10.1 Å². The Kier molecular flexibility index (Phi) is 4.41. The molecule has 0 amide bonds. The largest absolute Gasteiger partial charge is 0.370 e. The zero-order valence-electron chi connectivity index (χ0n) is 13.7. The third kappa shape index (κ3) is 3.05. The van der Waals surface area contributed by atoms with E-state index >= 15 is 0 Å². The molecule has 1 N–H and O–H groups in total. The van der Waals surface area contributed by atoms with Gasteiger partial charge in [-0.05, 0) is 32.0 Å². The first-order valence-electron chi connectivity index (χ1n) is 7.89. The minimum absolute atomic E-state index is 0.0355. The van der Waals surface area contributed by atoms with Crippen LogP contribution in [-0.2, 0) is 13.0 Å². The number of aromatic nitrogens is 3. The zero-order valence-corrected chi connectivity index (χ0v) is 13.7. The third-order valence-electron chi connectivity index (χ3n) is 3.98. The van der Waals surface area contributed by atoms with Crippen LogP contribution in [0.2, 0.25) is 0 Å². The van der Waals surface area contributed by atoms with Crippen LogP contribution in [0.5, 0.6) is 0 Å². The summed E-state index contributed by atoms with van der Waals surface area (Å²) in [4.78, 5) is 19.2. The molecule has 0 fully saturated rings. The van der Waals surface area contributed by atoms with Gasteiger partial charge in [0.05, 0.1) is 16.0 Å². The predicted octanol–water partition coefficient (Wildman–Crippen LogP) is 3.32. The molecular formula is C17H19N5O2. The summed E-state index contributed by atoms with van der Waals surface area (Å²) in [5.74, 6) is 1.65. The van der Waals surface area contributed by atoms with Gasteiger partial charge >= 0.3 is 0 Å². The molecule has 0 bridgehead atoms. The summed E-state index contributed by atoms with van der Waals surface area (Å²) >= 11 is 0. The molecule has 0 saturated heterocycles. The van der Waals surface area contributed by atoms with E-state index in [-0.39, 0.29) is 5.69 Å². The average Bonchev–Trinajstić information content (AvgIpc) is 2.92. The van der Waals surface area contributed by atoms with Gasteiger partial charge in [-0.15, -0.1) is 0 Å². The first kappa shape index (κ1) is 15.9. The van der Waals surface area contributed by atoms with Crippen LogP contribution in [0.3, 0.4) is 0 Å². The lowest BCUT2D eigenvalue weighted by molar-refractivity contribution is -0.385. The molecule has 7 nitrogen and oxygen atoms in total. The van der Waals surface area contributed by atoms with Gasteiger partial charge in [-0.25, -0.2) is 9.97 Å². The highest BCUT2D eigenvalue weighted by Crippen LogP contribution is 2.19. The van der Waals surface area contributed by atoms with E-state index in [4.69, 9.17) is 0 Å². The Labute approximate surface area is 139 Å². The first-order chi connectivity index (χ1) is 11.6. The van der Waals surface area contributed by atoms with Crippen LogP contribution < -0.4 is 5.32 Å². The quantitative estimate of drug-likeness (QED) is 0.555. The number of benzene rings is 1. The number of fused-ring (bicyclic) bond motifs is 1. The van der Waals surface area contributed by atoms with Crippen molar-refractivity contribution in [2.24, 2.45) is 0 Å². The van der Waals surface area contributed by atoms with Crippen molar-refractivity contribution in [2.75, 3.05) is 11.9 Å². The molecule has 0 radical (unpaired) electrons. The second-order valence-corrected chi connectivity index (χ2v) is 5.55. The van der Waals surface area contributed by atoms with Crippen molar-refractivity contribution in [3.05, 3.63) is 58.0 Å². The Bertz CT molecular complexity index is 888. The number of hydrogen-bond acceptors (Lipinski definition) is 5. The van der Waals surface area contributed by atoms with Crippen molar-refractivity contribution in [1.29, 1.82) is 0 Å². The van der Waals surface area contributed by atoms with Gasteiger partial charge in [0.15, 0.2) is 0 Å². The summed E-state index contributed by atoms with van der Waals surface area (Å²) in [5.41, 5.74) is 2.77. The number of imidazole rings is 1. The van der Waals surface area contributed by atoms with Crippen molar-refractivity contribution >= 4 is 22.5 Å². The lowest BCUT2D eigenvalue weighted by Crippen LogP contribution is -2.11. The molecule has 0 spiro atoms. The molecule has 2 heterocycles. The standard InChI is InChI=1S/C17H19N5O2/c1-3-21-14-7-5-4-6-13(14)20-17(21)8-9-18-16-10-12(2)15(11-19-16)22(23)24/h4-7,10-11H,3,8-9H2,1-2H3,(H,18,19). The van der Waals surface area contributed by atoms with Crippen LogP contribution in [0, 0.1) is 17.0 Å². The molecule has 1 aromatic carbocycles. The van der Waals surface area contributed by atoms with Crippen LogP contribution in [-0.4, -0.2) is 26.0 Å². The minimum Gasteiger partial charge on any atom is -0.370 e. The van der Waals surface area contributed by atoms with E-state index in [0.29, 0.717) is 17.9 Å². The second kappa shape index (κ2) is 6.66. The Morgan fingerprint density at radius 3 is 2.83 bits per heavy atom. The van der Waals surface area contributed by atoms with Crippen LogP contribution in [0.25, 0.3) is 11.0 Å². The monoisotopic (exact) mass is 325 g/mol. The van der Waals surface area contributed by atoms with Crippen molar-refractivity contribution in [1.82, 2.24) is 14.5 Å². The third-order valence-corrected chi connectivity index (χ3v) is 3.98. The van der Waals surface area contributed by atoms with E-state index in [1.54, 1.807) is 13.0 Å². The number of anilines is 1. The molecule has 124 valence electrons. The molecule has 3 aromatic rings. The number of nitrogens with one attached hydrogen (secondary N) is 1. The van der Waals surface area contributed by atoms with E-state index in [1.165, 1.54) is 6.20 Å². The van der Waals surface area contributed by atoms with Crippen molar-refractivity contribution in [3.8, 4) is 0 Å². The smallest absolute Gasteiger partial charge is 0.290 e. The lowest BCUT2D eigenvalue weighted by Gasteiger charge is -2.08. The second-order valence-electron chi connectivity index (χ2n) is 5.55. The highest BCUT2D eigenvalue weighted by molar-refractivity contribution is 5.75. The number of aryl methyl sites for hydroxylation is 2. The molecule has 24 heavy (non-hydrogen) atoms. The zero-order chi connectivity index (χ0) is 17.1. The van der Waals surface area contributed by atoms with E-state index < -0.39 is 4.92 Å². The van der Waals surface area contributed by atoms with E-state index in [2.05, 4.69) is 32.8 Å². The average molecular weight is 325 g/mol. The number of pyridine rings is 1. The maximum absolute atomic E-state index is 10.8. The highest BCUT2D eigenvalue weighted by Gasteiger charge is 2.12. The highest BCUT2D eigenvalue weighted by atomic mass is 16.6. The summed E-state index contributed by atoms with van der Waals surface area (Å²) in [6.07, 6.45) is 2.04. The van der Waals surface area contributed by atoms with Gasteiger partial charge in [-0.1, -0.05) is 12.1 Å². The van der Waals surface area contributed by atoms with Gasteiger partial charge < -0.3 is 9.88 Å². The molecule has 0 atom stereocenters. The van der Waals surface area contributed by atoms with Crippen molar-refractivity contribution in [2.45, 2.75) is 26.8 Å². The summed E-state index contributed by atoms with van der Waals surface area (Å²) in [5, 5.41) is 14.0. The number of nitro groups is 1. The Morgan fingerprint density at radius 2 is 2.12 bits per heavy atom. The topological polar surface area (TPSA) is 85.9 Å². The van der Waals surface area contributed by atoms with Crippen LogP contribution in [0.15, 0.2) is 36.5 Å². The fourth-order valence-electron chi connectivity index (χ4n) is 2.81. The van der Waals surface area contributed by atoms with E-state index in [9.17, 15) is 10.1 Å². The summed E-state index contributed by atoms with van der Waals surface area (Å²) in [7, 11) is 0. The summed E-state index contributed by atoms with van der Waals surface area (Å²) < 4.78 is 2.20. The van der Waals surface area contributed by atoms with Gasteiger partial charge in [0, 0.05) is 25.1 Å². The number of rotatable bonds is 6. The summed E-state index contributed by atoms with van der Waals surface area (Å²) in [6, 6.07) is 9.79. The fraction of sp³-hybridized carbons (Fsp3) is 0.294. The molecule has 3 rings (SSSR count). The van der Waals surface area contributed by atoms with Crippen LogP contribution in [0.4, 0.5) is 11.5 Å². The molecular weight excluding hydrogens is 306 g/mol. The SMILES string of the molecule is CCn1c(CCNc2cc(C)c([N+](=O)[O-])cn2)nc2ccccc21. The van der Waals surface area contributed by atoms with E-state index in [1.807, 2.05) is 18.2 Å². The molecule has 0 aliphatic heterocycles. The molecule has 2 aromatic heterocycles. The summed E-state index contributed by atoms with van der Waals surface area (Å²) in [6.45, 7) is 5.34. The van der Waals surface area contributed by atoms with E-state index in [0.717, 1.165) is 29.8 Å². The predicted molar refractivity (Wildman–Crippen MR) is 93.2 cm³/mol. The van der Waals surface area contributed by atoms with Crippen molar-refractivity contribution < 1.29 is 4.92 Å². The molecule has 0 aliphatic carbocycles. The first-order valence-corrected chi connectivity index (χ1v) is 7.89. The molecule has 7 heteroatoms. The lowest BCUT2D eigenvalue weighted by atomic mass is 10.2. The Balaban J connectivity index is 1.71. The maximum Gasteiger partial charge on any atom is 0.290 e. The molecule has 0 saturated carbocycles. The fourth-order valence-corrected chi connectivity index (χ4v) is 2.81. The van der Waals surface area contributed by atoms with Gasteiger partial charge in [-0.2, -0.15) is 0 Å². The Hall–Kier alpha value is -2.96.